The minimum atomic E-state index is -0.436. The van der Waals surface area contributed by atoms with Gasteiger partial charge in [-0.15, -0.1) is 0 Å². The summed E-state index contributed by atoms with van der Waals surface area (Å²) in [5, 5.41) is 0. The molecule has 16 heavy (non-hydrogen) atoms. The minimum absolute atomic E-state index is 0.0256. The van der Waals surface area contributed by atoms with E-state index in [1.54, 1.807) is 12.1 Å². The first kappa shape index (κ1) is 12.9. The van der Waals surface area contributed by atoms with Crippen molar-refractivity contribution in [1.29, 1.82) is 0 Å². The monoisotopic (exact) mass is 241 g/mol. The zero-order valence-electron chi connectivity index (χ0n) is 9.50. The number of hydrogen-bond acceptors (Lipinski definition) is 2. The van der Waals surface area contributed by atoms with Gasteiger partial charge >= 0.3 is 0 Å². The first-order valence-electron chi connectivity index (χ1n) is 5.23. The lowest BCUT2D eigenvalue weighted by Crippen LogP contribution is -2.14. The molecule has 1 aromatic carbocycles. The van der Waals surface area contributed by atoms with Crippen molar-refractivity contribution in [1.82, 2.24) is 0 Å². The van der Waals surface area contributed by atoms with Gasteiger partial charge in [-0.2, -0.15) is 0 Å². The van der Waals surface area contributed by atoms with E-state index in [4.69, 9.17) is 22.7 Å². The van der Waals surface area contributed by atoms with Crippen LogP contribution in [-0.2, 0) is 0 Å². The lowest BCUT2D eigenvalue weighted by Gasteiger charge is -2.12. The van der Waals surface area contributed by atoms with Crippen LogP contribution in [0.3, 0.4) is 0 Å². The van der Waals surface area contributed by atoms with Gasteiger partial charge in [0.05, 0.1) is 12.2 Å². The molecule has 0 atom stereocenters. The van der Waals surface area contributed by atoms with Crippen LogP contribution in [0.4, 0.5) is 4.39 Å². The molecule has 0 fully saturated rings. The zero-order valence-corrected chi connectivity index (χ0v) is 10.3. The summed E-state index contributed by atoms with van der Waals surface area (Å²) in [6, 6.07) is 4.59. The number of thiocarbonyl (C=S) groups is 1. The normalized spacial score (nSPS) is 10.5. The maximum Gasteiger partial charge on any atom is 0.137 e. The molecule has 1 aromatic rings. The van der Waals surface area contributed by atoms with Gasteiger partial charge < -0.3 is 10.5 Å². The fourth-order valence-corrected chi connectivity index (χ4v) is 1.47. The average molecular weight is 241 g/mol. The Morgan fingerprint density at radius 1 is 1.50 bits per heavy atom. The number of benzene rings is 1. The standard InChI is InChI=1S/C12H16FNOS/c1-8(2)6-7-15-10-5-3-4-9(13)11(10)12(14)16/h3-5,8H,6-7H2,1-2H3,(H2,14,16). The second-order valence-corrected chi connectivity index (χ2v) is 4.45. The first-order valence-corrected chi connectivity index (χ1v) is 5.64. The fraction of sp³-hybridized carbons (Fsp3) is 0.417. The van der Waals surface area contributed by atoms with E-state index >= 15 is 0 Å². The van der Waals surface area contributed by atoms with Crippen molar-refractivity contribution >= 4 is 17.2 Å². The smallest absolute Gasteiger partial charge is 0.137 e. The Bertz CT molecular complexity index is 379. The van der Waals surface area contributed by atoms with Crippen LogP contribution < -0.4 is 10.5 Å². The van der Waals surface area contributed by atoms with Crippen LogP contribution >= 0.6 is 12.2 Å². The molecule has 0 unspecified atom stereocenters. The molecule has 0 spiro atoms. The minimum Gasteiger partial charge on any atom is -0.493 e. The second-order valence-electron chi connectivity index (χ2n) is 4.01. The van der Waals surface area contributed by atoms with E-state index in [9.17, 15) is 4.39 Å². The first-order chi connectivity index (χ1) is 7.52. The van der Waals surface area contributed by atoms with Crippen molar-refractivity contribution in [3.63, 3.8) is 0 Å². The van der Waals surface area contributed by atoms with Gasteiger partial charge in [0.2, 0.25) is 0 Å². The summed E-state index contributed by atoms with van der Waals surface area (Å²) in [4.78, 5) is 0.0256. The van der Waals surface area contributed by atoms with E-state index in [1.807, 2.05) is 0 Å². The lowest BCUT2D eigenvalue weighted by atomic mass is 10.1. The molecule has 2 N–H and O–H groups in total. The Hall–Kier alpha value is -1.16. The van der Waals surface area contributed by atoms with Gasteiger partial charge in [0.15, 0.2) is 0 Å². The molecule has 0 aliphatic heterocycles. The van der Waals surface area contributed by atoms with E-state index in [2.05, 4.69) is 13.8 Å². The highest BCUT2D eigenvalue weighted by Crippen LogP contribution is 2.21. The summed E-state index contributed by atoms with van der Waals surface area (Å²) in [6.07, 6.45) is 0.910. The van der Waals surface area contributed by atoms with Crippen molar-refractivity contribution < 1.29 is 9.13 Å². The Morgan fingerprint density at radius 3 is 2.75 bits per heavy atom. The molecular formula is C12H16FNOS. The third-order valence-corrected chi connectivity index (χ3v) is 2.38. The molecule has 0 aliphatic rings. The van der Waals surface area contributed by atoms with E-state index in [0.717, 1.165) is 6.42 Å². The average Bonchev–Trinajstić information content (AvgIpc) is 2.16. The summed E-state index contributed by atoms with van der Waals surface area (Å²) < 4.78 is 18.9. The molecule has 0 saturated heterocycles. The van der Waals surface area contributed by atoms with E-state index in [1.165, 1.54) is 6.07 Å². The van der Waals surface area contributed by atoms with Crippen molar-refractivity contribution in [3.8, 4) is 5.75 Å². The molecule has 0 radical (unpaired) electrons. The quantitative estimate of drug-likeness (QED) is 0.805. The van der Waals surface area contributed by atoms with Crippen LogP contribution in [0.25, 0.3) is 0 Å². The fourth-order valence-electron chi connectivity index (χ4n) is 1.27. The van der Waals surface area contributed by atoms with E-state index in [-0.39, 0.29) is 10.6 Å². The SMILES string of the molecule is CC(C)CCOc1cccc(F)c1C(N)=S. The van der Waals surface area contributed by atoms with Crippen LogP contribution in [-0.4, -0.2) is 11.6 Å². The third-order valence-electron chi connectivity index (χ3n) is 2.17. The maximum atomic E-state index is 13.4. The summed E-state index contributed by atoms with van der Waals surface area (Å²) in [7, 11) is 0. The van der Waals surface area contributed by atoms with Gasteiger partial charge in [-0.25, -0.2) is 4.39 Å². The van der Waals surface area contributed by atoms with Crippen molar-refractivity contribution in [2.24, 2.45) is 11.7 Å². The molecule has 2 nitrogen and oxygen atoms in total. The summed E-state index contributed by atoms with van der Waals surface area (Å²) in [5.74, 6) is 0.532. The number of nitrogens with two attached hydrogens (primary N) is 1. The summed E-state index contributed by atoms with van der Waals surface area (Å²) in [6.45, 7) is 4.74. The highest BCUT2D eigenvalue weighted by Gasteiger charge is 2.12. The van der Waals surface area contributed by atoms with Gasteiger partial charge in [0.1, 0.15) is 16.6 Å². The number of hydrogen-bond donors (Lipinski definition) is 1. The molecule has 0 aromatic heterocycles. The number of halogens is 1. The summed E-state index contributed by atoms with van der Waals surface area (Å²) in [5.41, 5.74) is 5.65. The van der Waals surface area contributed by atoms with Crippen molar-refractivity contribution in [2.45, 2.75) is 20.3 Å². The van der Waals surface area contributed by atoms with Crippen LogP contribution in [0, 0.1) is 11.7 Å². The van der Waals surface area contributed by atoms with Crippen LogP contribution in [0.15, 0.2) is 18.2 Å². The molecular weight excluding hydrogens is 225 g/mol. The van der Waals surface area contributed by atoms with Crippen molar-refractivity contribution in [2.75, 3.05) is 6.61 Å². The van der Waals surface area contributed by atoms with Gasteiger partial charge in [0.25, 0.3) is 0 Å². The Balaban J connectivity index is 2.79. The zero-order chi connectivity index (χ0) is 12.1. The molecule has 1 rings (SSSR count). The molecule has 0 amide bonds. The van der Waals surface area contributed by atoms with Crippen LogP contribution in [0.1, 0.15) is 25.8 Å². The molecule has 0 aliphatic carbocycles. The molecule has 0 saturated carbocycles. The highest BCUT2D eigenvalue weighted by molar-refractivity contribution is 7.80. The lowest BCUT2D eigenvalue weighted by molar-refractivity contribution is 0.288. The Kier molecular flexibility index (Phi) is 4.68. The van der Waals surface area contributed by atoms with Gasteiger partial charge in [-0.3, -0.25) is 0 Å². The maximum absolute atomic E-state index is 13.4. The number of rotatable bonds is 5. The molecule has 88 valence electrons. The molecule has 0 heterocycles. The molecule has 4 heteroatoms. The Labute approximate surface area is 101 Å². The van der Waals surface area contributed by atoms with Crippen molar-refractivity contribution in [3.05, 3.63) is 29.6 Å². The summed E-state index contributed by atoms with van der Waals surface area (Å²) >= 11 is 4.80. The predicted molar refractivity (Wildman–Crippen MR) is 67.2 cm³/mol. The molecule has 0 bridgehead atoms. The van der Waals surface area contributed by atoms with Crippen LogP contribution in [0.2, 0.25) is 0 Å². The predicted octanol–water partition coefficient (Wildman–Crippen LogP) is 2.88. The second kappa shape index (κ2) is 5.80. The van der Waals surface area contributed by atoms with Gasteiger partial charge in [-0.1, -0.05) is 32.1 Å². The third kappa shape index (κ3) is 3.45. The van der Waals surface area contributed by atoms with Gasteiger partial charge in [-0.05, 0) is 24.5 Å². The Morgan fingerprint density at radius 2 is 2.19 bits per heavy atom. The highest BCUT2D eigenvalue weighted by atomic mass is 32.1. The number of ether oxygens (including phenoxy) is 1. The van der Waals surface area contributed by atoms with E-state index < -0.39 is 5.82 Å². The van der Waals surface area contributed by atoms with E-state index in [0.29, 0.717) is 18.3 Å². The largest absolute Gasteiger partial charge is 0.493 e. The van der Waals surface area contributed by atoms with Crippen LogP contribution in [0.5, 0.6) is 5.75 Å². The topological polar surface area (TPSA) is 35.2 Å². The van der Waals surface area contributed by atoms with Gasteiger partial charge in [0, 0.05) is 0 Å².